The monoisotopic (exact) mass is 275 g/mol. The van der Waals surface area contributed by atoms with Crippen LogP contribution in [-0.4, -0.2) is 42.0 Å². The van der Waals surface area contributed by atoms with Crippen LogP contribution in [0.25, 0.3) is 0 Å². The number of carbonyl (C=O) groups is 2. The lowest BCUT2D eigenvalue weighted by Crippen LogP contribution is -2.32. The maximum absolute atomic E-state index is 12.0. The van der Waals surface area contributed by atoms with Crippen LogP contribution in [0.4, 0.5) is 8.78 Å². The number of nitrogens with one attached hydrogen (secondary N) is 1. The summed E-state index contributed by atoms with van der Waals surface area (Å²) in [5.74, 6) is -0.934. The molecule has 1 aliphatic heterocycles. The van der Waals surface area contributed by atoms with Gasteiger partial charge in [-0.3, -0.25) is 9.59 Å². The highest BCUT2D eigenvalue weighted by Crippen LogP contribution is 2.31. The molecule has 18 heavy (non-hydrogen) atoms. The number of hydrogen-bond donors (Lipinski definition) is 1. The molecule has 0 unspecified atom stereocenters. The normalized spacial score (nSPS) is 17.9. The molecule has 8 heteroatoms. The van der Waals surface area contributed by atoms with Gasteiger partial charge in [0, 0.05) is 6.54 Å². The highest BCUT2D eigenvalue weighted by atomic mass is 32.2. The second kappa shape index (κ2) is 6.35. The van der Waals surface area contributed by atoms with Crippen LogP contribution < -0.4 is 5.32 Å². The third kappa shape index (κ3) is 3.20. The van der Waals surface area contributed by atoms with Crippen molar-refractivity contribution in [3.05, 3.63) is 10.6 Å². The van der Waals surface area contributed by atoms with Gasteiger partial charge < -0.3 is 10.2 Å². The lowest BCUT2D eigenvalue weighted by molar-refractivity contribution is -0.125. The molecule has 0 aliphatic carbocycles. The van der Waals surface area contributed by atoms with E-state index < -0.39 is 18.9 Å². The van der Waals surface area contributed by atoms with Crippen molar-refractivity contribution in [3.8, 4) is 6.07 Å². The molecule has 0 spiro atoms. The van der Waals surface area contributed by atoms with Gasteiger partial charge in [-0.1, -0.05) is 11.8 Å². The van der Waals surface area contributed by atoms with E-state index in [2.05, 4.69) is 0 Å². The van der Waals surface area contributed by atoms with Gasteiger partial charge in [0.15, 0.2) is 0 Å². The minimum atomic E-state index is -2.68. The van der Waals surface area contributed by atoms with Crippen molar-refractivity contribution in [3.63, 3.8) is 0 Å². The fraction of sp³-hybridized carbons (Fsp3) is 0.500. The molecule has 0 aromatic heterocycles. The molecule has 1 fully saturated rings. The topological polar surface area (TPSA) is 73.2 Å². The minimum absolute atomic E-state index is 0.149. The Morgan fingerprint density at radius 2 is 2.33 bits per heavy atom. The van der Waals surface area contributed by atoms with Crippen LogP contribution in [0.5, 0.6) is 0 Å². The van der Waals surface area contributed by atoms with Gasteiger partial charge in [-0.15, -0.1) is 0 Å². The van der Waals surface area contributed by atoms with Crippen LogP contribution in [0, 0.1) is 11.3 Å². The molecule has 1 heterocycles. The average Bonchev–Trinajstić information content (AvgIpc) is 2.69. The van der Waals surface area contributed by atoms with E-state index >= 15 is 0 Å². The van der Waals surface area contributed by atoms with E-state index in [1.165, 1.54) is 4.90 Å². The number of amides is 2. The summed E-state index contributed by atoms with van der Waals surface area (Å²) in [5, 5.41) is 11.1. The van der Waals surface area contributed by atoms with E-state index in [4.69, 9.17) is 5.26 Å². The Labute approximate surface area is 107 Å². The Hall–Kier alpha value is -1.62. The highest BCUT2D eigenvalue weighted by molar-refractivity contribution is 8.04. The summed E-state index contributed by atoms with van der Waals surface area (Å²) >= 11 is 1.06. The number of thioether (sulfide) groups is 1. The first-order valence-corrected chi connectivity index (χ1v) is 6.13. The van der Waals surface area contributed by atoms with Crippen molar-refractivity contribution >= 4 is 23.6 Å². The van der Waals surface area contributed by atoms with Crippen molar-refractivity contribution in [2.24, 2.45) is 0 Å². The van der Waals surface area contributed by atoms with Gasteiger partial charge in [-0.05, 0) is 6.92 Å². The summed E-state index contributed by atoms with van der Waals surface area (Å²) < 4.78 is 23.9. The zero-order valence-corrected chi connectivity index (χ0v) is 10.4. The molecule has 1 rings (SSSR count). The molecular formula is C10H11F2N3O2S. The van der Waals surface area contributed by atoms with Crippen molar-refractivity contribution in [2.75, 3.05) is 18.8 Å². The second-order valence-electron chi connectivity index (χ2n) is 3.32. The Morgan fingerprint density at radius 3 is 2.83 bits per heavy atom. The van der Waals surface area contributed by atoms with E-state index in [1.54, 1.807) is 13.0 Å². The predicted octanol–water partition coefficient (Wildman–Crippen LogP) is 0.698. The van der Waals surface area contributed by atoms with Crippen LogP contribution in [0.1, 0.15) is 6.92 Å². The van der Waals surface area contributed by atoms with Gasteiger partial charge in [0.05, 0.1) is 12.3 Å². The van der Waals surface area contributed by atoms with E-state index in [1.807, 2.05) is 5.32 Å². The van der Waals surface area contributed by atoms with Crippen molar-refractivity contribution in [2.45, 2.75) is 13.3 Å². The molecule has 0 bridgehead atoms. The quantitative estimate of drug-likeness (QED) is 0.605. The molecule has 1 saturated heterocycles. The number of alkyl halides is 2. The number of rotatable bonds is 4. The van der Waals surface area contributed by atoms with Crippen LogP contribution in [-0.2, 0) is 9.59 Å². The molecule has 98 valence electrons. The fourth-order valence-electron chi connectivity index (χ4n) is 1.38. The highest BCUT2D eigenvalue weighted by Gasteiger charge is 2.30. The standard InChI is InChI=1S/C10H11F2N3O2S/c1-2-15-8(16)5-18-10(15)6(3-13)9(17)14-4-7(11)12/h7H,2,4-5H2,1H3,(H,14,17)/b10-6+. The number of nitriles is 1. The van der Waals surface area contributed by atoms with Gasteiger partial charge in [-0.2, -0.15) is 5.26 Å². The Bertz CT molecular complexity index is 431. The van der Waals surface area contributed by atoms with Gasteiger partial charge in [-0.25, -0.2) is 8.78 Å². The summed E-state index contributed by atoms with van der Waals surface area (Å²) in [6, 6.07) is 1.66. The molecular weight excluding hydrogens is 264 g/mol. The maximum Gasteiger partial charge on any atom is 0.264 e. The van der Waals surface area contributed by atoms with E-state index in [0.717, 1.165) is 11.8 Å². The zero-order valence-electron chi connectivity index (χ0n) is 9.57. The maximum atomic E-state index is 12.0. The number of hydrogen-bond acceptors (Lipinski definition) is 4. The van der Waals surface area contributed by atoms with Crippen LogP contribution in [0.3, 0.4) is 0 Å². The van der Waals surface area contributed by atoms with E-state index in [9.17, 15) is 18.4 Å². The Balaban J connectivity index is 2.91. The third-order valence-corrected chi connectivity index (χ3v) is 3.25. The number of nitrogens with zero attached hydrogens (tertiary/aromatic N) is 2. The smallest absolute Gasteiger partial charge is 0.264 e. The van der Waals surface area contributed by atoms with Crippen LogP contribution in [0.2, 0.25) is 0 Å². The molecule has 1 N–H and O–H groups in total. The van der Waals surface area contributed by atoms with Gasteiger partial charge >= 0.3 is 0 Å². The Morgan fingerprint density at radius 1 is 1.67 bits per heavy atom. The molecule has 0 aromatic rings. The summed E-state index contributed by atoms with van der Waals surface area (Å²) in [6.45, 7) is 1.21. The summed E-state index contributed by atoms with van der Waals surface area (Å²) in [7, 11) is 0. The fourth-order valence-corrected chi connectivity index (χ4v) is 2.47. The average molecular weight is 275 g/mol. The largest absolute Gasteiger partial charge is 0.346 e. The molecule has 0 atom stereocenters. The summed E-state index contributed by atoms with van der Waals surface area (Å²) in [5.41, 5.74) is -0.298. The molecule has 0 aromatic carbocycles. The molecule has 1 aliphatic rings. The van der Waals surface area contributed by atoms with Gasteiger partial charge in [0.2, 0.25) is 5.91 Å². The van der Waals surface area contributed by atoms with E-state index in [-0.39, 0.29) is 22.3 Å². The van der Waals surface area contributed by atoms with E-state index in [0.29, 0.717) is 6.54 Å². The predicted molar refractivity (Wildman–Crippen MR) is 61.5 cm³/mol. The minimum Gasteiger partial charge on any atom is -0.346 e. The number of carbonyl (C=O) groups excluding carboxylic acids is 2. The number of halogens is 2. The zero-order chi connectivity index (χ0) is 13.7. The first kappa shape index (κ1) is 14.4. The van der Waals surface area contributed by atoms with Gasteiger partial charge in [0.1, 0.15) is 16.7 Å². The third-order valence-electron chi connectivity index (χ3n) is 2.16. The first-order chi connectivity index (χ1) is 8.51. The second-order valence-corrected chi connectivity index (χ2v) is 4.28. The molecule has 5 nitrogen and oxygen atoms in total. The summed E-state index contributed by atoms with van der Waals surface area (Å²) in [6.07, 6.45) is -2.68. The summed E-state index contributed by atoms with van der Waals surface area (Å²) in [4.78, 5) is 24.3. The lowest BCUT2D eigenvalue weighted by atomic mass is 10.3. The van der Waals surface area contributed by atoms with Crippen molar-refractivity contribution in [1.82, 2.24) is 10.2 Å². The van der Waals surface area contributed by atoms with Crippen molar-refractivity contribution < 1.29 is 18.4 Å². The molecule has 0 saturated carbocycles. The van der Waals surface area contributed by atoms with Crippen molar-refractivity contribution in [1.29, 1.82) is 5.26 Å². The molecule has 2 amide bonds. The van der Waals surface area contributed by atoms with Gasteiger partial charge in [0.25, 0.3) is 12.3 Å². The SMILES string of the molecule is CCN1C(=O)CS/C1=C(\C#N)C(=O)NCC(F)F. The van der Waals surface area contributed by atoms with Crippen LogP contribution in [0.15, 0.2) is 10.6 Å². The first-order valence-electron chi connectivity index (χ1n) is 5.15. The van der Waals surface area contributed by atoms with Crippen LogP contribution >= 0.6 is 11.8 Å². The molecule has 0 radical (unpaired) electrons. The Kier molecular flexibility index (Phi) is 5.09. The lowest BCUT2D eigenvalue weighted by Gasteiger charge is -2.15.